The predicted octanol–water partition coefficient (Wildman–Crippen LogP) is 1.37. The highest BCUT2D eigenvalue weighted by atomic mass is 16.1. The minimum atomic E-state index is -0.00694. The third-order valence-electron chi connectivity index (χ3n) is 1.93. The molecular formula is C10H15N3O. The molecule has 0 bridgehead atoms. The lowest BCUT2D eigenvalue weighted by Gasteiger charge is -1.97. The molecule has 2 aromatic rings. The molecule has 0 amide bonds. The van der Waals surface area contributed by atoms with Gasteiger partial charge in [-0.25, -0.2) is 4.52 Å². The Balaban J connectivity index is 0.000000461. The number of fused-ring (bicyclic) bond motifs is 1. The van der Waals surface area contributed by atoms with E-state index in [0.717, 1.165) is 5.56 Å². The summed E-state index contributed by atoms with van der Waals surface area (Å²) in [6, 6.07) is 0. The van der Waals surface area contributed by atoms with Crippen molar-refractivity contribution in [2.24, 2.45) is 7.05 Å². The van der Waals surface area contributed by atoms with Gasteiger partial charge in [-0.2, -0.15) is 5.10 Å². The van der Waals surface area contributed by atoms with Gasteiger partial charge in [0.1, 0.15) is 5.52 Å². The maximum atomic E-state index is 11.5. The van der Waals surface area contributed by atoms with Crippen LogP contribution in [0.25, 0.3) is 5.52 Å². The van der Waals surface area contributed by atoms with Gasteiger partial charge < -0.3 is 4.57 Å². The van der Waals surface area contributed by atoms with Gasteiger partial charge in [0.25, 0.3) is 5.56 Å². The molecule has 0 spiro atoms. The van der Waals surface area contributed by atoms with Crippen LogP contribution in [0.1, 0.15) is 19.4 Å². The standard InChI is InChI=1S/C8H9N3O.C2H6/c1-6-5-9-11-4-3-10(2)8(12)7(6)11;1-2/h3-5H,1-2H3;1-2H3. The second-order valence-electron chi connectivity index (χ2n) is 2.83. The van der Waals surface area contributed by atoms with E-state index in [9.17, 15) is 4.79 Å². The molecule has 0 atom stereocenters. The number of rotatable bonds is 0. The van der Waals surface area contributed by atoms with Crippen molar-refractivity contribution in [3.05, 3.63) is 34.5 Å². The van der Waals surface area contributed by atoms with Crippen LogP contribution in [0.5, 0.6) is 0 Å². The Kier molecular flexibility index (Phi) is 3.06. The van der Waals surface area contributed by atoms with Crippen LogP contribution in [0, 0.1) is 6.92 Å². The van der Waals surface area contributed by atoms with Gasteiger partial charge in [-0.05, 0) is 6.92 Å². The van der Waals surface area contributed by atoms with Crippen LogP contribution >= 0.6 is 0 Å². The van der Waals surface area contributed by atoms with Crippen LogP contribution in [0.4, 0.5) is 0 Å². The first kappa shape index (κ1) is 10.5. The van der Waals surface area contributed by atoms with Gasteiger partial charge in [0, 0.05) is 25.0 Å². The zero-order valence-electron chi connectivity index (χ0n) is 8.98. The van der Waals surface area contributed by atoms with Gasteiger partial charge >= 0.3 is 0 Å². The fraction of sp³-hybridized carbons (Fsp3) is 0.400. The van der Waals surface area contributed by atoms with E-state index in [-0.39, 0.29) is 5.56 Å². The maximum absolute atomic E-state index is 11.5. The lowest BCUT2D eigenvalue weighted by molar-refractivity contribution is 0.820. The van der Waals surface area contributed by atoms with Crippen LogP contribution in [-0.4, -0.2) is 14.2 Å². The van der Waals surface area contributed by atoms with E-state index < -0.39 is 0 Å². The normalized spacial score (nSPS) is 9.71. The predicted molar refractivity (Wildman–Crippen MR) is 56.5 cm³/mol. The molecule has 76 valence electrons. The Morgan fingerprint density at radius 3 is 2.57 bits per heavy atom. The first-order valence-electron chi connectivity index (χ1n) is 4.70. The van der Waals surface area contributed by atoms with Crippen molar-refractivity contribution < 1.29 is 0 Å². The molecule has 0 fully saturated rings. The molecule has 2 heterocycles. The number of hydrogen-bond acceptors (Lipinski definition) is 2. The van der Waals surface area contributed by atoms with Crippen molar-refractivity contribution in [2.75, 3.05) is 0 Å². The maximum Gasteiger partial charge on any atom is 0.276 e. The lowest BCUT2D eigenvalue weighted by Crippen LogP contribution is -2.18. The molecule has 0 aliphatic rings. The zero-order chi connectivity index (χ0) is 10.7. The molecule has 0 aromatic carbocycles. The minimum absolute atomic E-state index is 0.00694. The smallest absolute Gasteiger partial charge is 0.276 e. The molecule has 4 nitrogen and oxygen atoms in total. The van der Waals surface area contributed by atoms with Crippen molar-refractivity contribution in [1.82, 2.24) is 14.2 Å². The van der Waals surface area contributed by atoms with Crippen LogP contribution < -0.4 is 5.56 Å². The summed E-state index contributed by atoms with van der Waals surface area (Å²) in [7, 11) is 1.73. The molecule has 0 aliphatic heterocycles. The van der Waals surface area contributed by atoms with Gasteiger partial charge in [-0.15, -0.1) is 0 Å². The Bertz CT molecular complexity index is 482. The molecule has 0 unspecified atom stereocenters. The molecule has 0 aliphatic carbocycles. The second-order valence-corrected chi connectivity index (χ2v) is 2.83. The quantitative estimate of drug-likeness (QED) is 0.634. The number of aromatic nitrogens is 3. The third-order valence-corrected chi connectivity index (χ3v) is 1.93. The summed E-state index contributed by atoms with van der Waals surface area (Å²) in [6.07, 6.45) is 5.16. The minimum Gasteiger partial charge on any atom is -0.315 e. The first-order chi connectivity index (χ1) is 6.70. The summed E-state index contributed by atoms with van der Waals surface area (Å²) in [5.74, 6) is 0. The van der Waals surface area contributed by atoms with Gasteiger partial charge in [-0.3, -0.25) is 4.79 Å². The molecule has 0 N–H and O–H groups in total. The molecule has 2 aromatic heterocycles. The zero-order valence-corrected chi connectivity index (χ0v) is 8.98. The molecule has 4 heteroatoms. The van der Waals surface area contributed by atoms with Gasteiger partial charge in [0.2, 0.25) is 0 Å². The van der Waals surface area contributed by atoms with Crippen molar-refractivity contribution in [1.29, 1.82) is 0 Å². The van der Waals surface area contributed by atoms with Crippen LogP contribution in [0.3, 0.4) is 0 Å². The van der Waals surface area contributed by atoms with Crippen LogP contribution in [0.15, 0.2) is 23.4 Å². The van der Waals surface area contributed by atoms with E-state index in [1.165, 1.54) is 0 Å². The molecule has 0 radical (unpaired) electrons. The summed E-state index contributed by atoms with van der Waals surface area (Å²) in [4.78, 5) is 11.5. The Morgan fingerprint density at radius 2 is 1.93 bits per heavy atom. The van der Waals surface area contributed by atoms with E-state index >= 15 is 0 Å². The van der Waals surface area contributed by atoms with Crippen molar-refractivity contribution in [3.8, 4) is 0 Å². The monoisotopic (exact) mass is 193 g/mol. The summed E-state index contributed by atoms with van der Waals surface area (Å²) >= 11 is 0. The Morgan fingerprint density at radius 1 is 1.29 bits per heavy atom. The number of aryl methyl sites for hydroxylation is 2. The Hall–Kier alpha value is -1.58. The highest BCUT2D eigenvalue weighted by Crippen LogP contribution is 2.01. The van der Waals surface area contributed by atoms with E-state index in [4.69, 9.17) is 0 Å². The molecule has 2 rings (SSSR count). The topological polar surface area (TPSA) is 39.3 Å². The molecule has 0 saturated carbocycles. The fourth-order valence-electron chi connectivity index (χ4n) is 1.23. The summed E-state index contributed by atoms with van der Waals surface area (Å²) in [5, 5.41) is 4.02. The van der Waals surface area contributed by atoms with E-state index in [2.05, 4.69) is 5.10 Å². The largest absolute Gasteiger partial charge is 0.315 e. The summed E-state index contributed by atoms with van der Waals surface area (Å²) in [5.41, 5.74) is 1.56. The second kappa shape index (κ2) is 4.09. The number of nitrogens with zero attached hydrogens (tertiary/aromatic N) is 3. The van der Waals surface area contributed by atoms with Crippen molar-refractivity contribution in [2.45, 2.75) is 20.8 Å². The molecule has 14 heavy (non-hydrogen) atoms. The highest BCUT2D eigenvalue weighted by Gasteiger charge is 2.03. The lowest BCUT2D eigenvalue weighted by atomic mass is 10.3. The van der Waals surface area contributed by atoms with Gasteiger partial charge in [-0.1, -0.05) is 13.8 Å². The average Bonchev–Trinajstić information content (AvgIpc) is 2.58. The average molecular weight is 193 g/mol. The van der Waals surface area contributed by atoms with Gasteiger partial charge in [0.05, 0.1) is 6.20 Å². The van der Waals surface area contributed by atoms with Crippen LogP contribution in [0.2, 0.25) is 0 Å². The van der Waals surface area contributed by atoms with Gasteiger partial charge in [0.15, 0.2) is 0 Å². The van der Waals surface area contributed by atoms with E-state index in [0.29, 0.717) is 5.52 Å². The SMILES string of the molecule is CC.Cc1cnn2ccn(C)c(=O)c12. The van der Waals surface area contributed by atoms with E-state index in [1.807, 2.05) is 20.8 Å². The molecule has 0 saturated heterocycles. The first-order valence-corrected chi connectivity index (χ1v) is 4.70. The van der Waals surface area contributed by atoms with E-state index in [1.54, 1.807) is 34.7 Å². The van der Waals surface area contributed by atoms with Crippen molar-refractivity contribution in [3.63, 3.8) is 0 Å². The van der Waals surface area contributed by atoms with Crippen molar-refractivity contribution >= 4 is 5.52 Å². The third kappa shape index (κ3) is 1.55. The number of hydrogen-bond donors (Lipinski definition) is 0. The summed E-state index contributed by atoms with van der Waals surface area (Å²) < 4.78 is 3.14. The van der Waals surface area contributed by atoms with Crippen LogP contribution in [-0.2, 0) is 7.05 Å². The highest BCUT2D eigenvalue weighted by molar-refractivity contribution is 5.50. The Labute approximate surface area is 82.8 Å². The molecular weight excluding hydrogens is 178 g/mol. The fourth-order valence-corrected chi connectivity index (χ4v) is 1.23. The summed E-state index contributed by atoms with van der Waals surface area (Å²) in [6.45, 7) is 5.88.